The van der Waals surface area contributed by atoms with E-state index in [-0.39, 0.29) is 0 Å². The average molecular weight is 175 g/mol. The van der Waals surface area contributed by atoms with Gasteiger partial charge in [0.2, 0.25) is 0 Å². The van der Waals surface area contributed by atoms with Crippen LogP contribution in [0, 0.1) is 11.8 Å². The molecule has 1 aromatic heterocycles. The van der Waals surface area contributed by atoms with Gasteiger partial charge >= 0.3 is 0 Å². The van der Waals surface area contributed by atoms with Gasteiger partial charge in [0.05, 0.1) is 6.20 Å². The Bertz CT molecular complexity index is 353. The lowest BCUT2D eigenvalue weighted by molar-refractivity contribution is 0.573. The lowest BCUT2D eigenvalue weighted by Gasteiger charge is -2.15. The summed E-state index contributed by atoms with van der Waals surface area (Å²) in [4.78, 5) is 7.18. The van der Waals surface area contributed by atoms with E-state index in [2.05, 4.69) is 22.1 Å². The summed E-state index contributed by atoms with van der Waals surface area (Å²) in [5, 5.41) is 0. The summed E-state index contributed by atoms with van der Waals surface area (Å²) in [5.74, 6) is 2.71. The number of H-pyrrole nitrogens is 1. The molecule has 0 spiro atoms. The van der Waals surface area contributed by atoms with Crippen LogP contribution in [0.2, 0.25) is 0 Å². The fourth-order valence-electron chi connectivity index (χ4n) is 2.68. The van der Waals surface area contributed by atoms with Gasteiger partial charge in [-0.3, -0.25) is 0 Å². The van der Waals surface area contributed by atoms with Crippen LogP contribution in [0.3, 0.4) is 0 Å². The molecule has 2 bridgehead atoms. The van der Waals surface area contributed by atoms with Crippen LogP contribution in [0.4, 0.5) is 5.95 Å². The maximum absolute atomic E-state index is 5.56. The molecule has 0 aromatic carbocycles. The maximum atomic E-state index is 5.56. The summed E-state index contributed by atoms with van der Waals surface area (Å²) >= 11 is 0. The highest BCUT2D eigenvalue weighted by Crippen LogP contribution is 2.48. The molecule has 3 N–H and O–H groups in total. The first-order valence-corrected chi connectivity index (χ1v) is 4.81. The van der Waals surface area contributed by atoms with Crippen LogP contribution in [0.5, 0.6) is 0 Å². The Balaban J connectivity index is 1.91. The fourth-order valence-corrected chi connectivity index (χ4v) is 2.68. The highest BCUT2D eigenvalue weighted by atomic mass is 15.0. The Labute approximate surface area is 77.1 Å². The molecule has 3 heteroatoms. The molecule has 0 aliphatic heterocycles. The Morgan fingerprint density at radius 1 is 1.38 bits per heavy atom. The van der Waals surface area contributed by atoms with Gasteiger partial charge in [0, 0.05) is 11.6 Å². The Kier molecular flexibility index (Phi) is 1.31. The monoisotopic (exact) mass is 175 g/mol. The Morgan fingerprint density at radius 3 is 2.85 bits per heavy atom. The molecule has 3 atom stereocenters. The van der Waals surface area contributed by atoms with Gasteiger partial charge in [0.25, 0.3) is 0 Å². The standard InChI is InChI=1S/C10H13N3/c11-10-12-5-9(13-10)8-4-6-1-2-7(8)3-6/h1-2,5-8H,3-4H2,(H3,11,12,13). The summed E-state index contributed by atoms with van der Waals surface area (Å²) in [6.07, 6.45) is 9.16. The van der Waals surface area contributed by atoms with E-state index in [1.807, 2.05) is 6.20 Å². The second kappa shape index (κ2) is 2.37. The highest BCUT2D eigenvalue weighted by molar-refractivity contribution is 5.26. The van der Waals surface area contributed by atoms with Crippen molar-refractivity contribution in [3.63, 3.8) is 0 Å². The van der Waals surface area contributed by atoms with Gasteiger partial charge < -0.3 is 10.7 Å². The van der Waals surface area contributed by atoms with Gasteiger partial charge in [0.15, 0.2) is 5.95 Å². The molecule has 3 rings (SSSR count). The van der Waals surface area contributed by atoms with Crippen molar-refractivity contribution in [2.24, 2.45) is 11.8 Å². The molecule has 1 heterocycles. The molecule has 3 nitrogen and oxygen atoms in total. The van der Waals surface area contributed by atoms with Crippen molar-refractivity contribution in [1.29, 1.82) is 0 Å². The van der Waals surface area contributed by atoms with Crippen molar-refractivity contribution in [2.45, 2.75) is 18.8 Å². The van der Waals surface area contributed by atoms with Crippen LogP contribution >= 0.6 is 0 Å². The number of imidazole rings is 1. The first-order valence-electron chi connectivity index (χ1n) is 4.81. The van der Waals surface area contributed by atoms with E-state index in [0.29, 0.717) is 11.9 Å². The second-order valence-electron chi connectivity index (χ2n) is 4.11. The van der Waals surface area contributed by atoms with Gasteiger partial charge in [-0.15, -0.1) is 0 Å². The Morgan fingerprint density at radius 2 is 2.31 bits per heavy atom. The second-order valence-corrected chi connectivity index (χ2v) is 4.11. The number of aromatic nitrogens is 2. The molecule has 0 amide bonds. The molecule has 3 unspecified atom stereocenters. The van der Waals surface area contributed by atoms with Crippen molar-refractivity contribution in [3.05, 3.63) is 24.0 Å². The van der Waals surface area contributed by atoms with Crippen LogP contribution in [-0.2, 0) is 0 Å². The fraction of sp³-hybridized carbons (Fsp3) is 0.500. The predicted octanol–water partition coefficient (Wildman–Crippen LogP) is 1.67. The van der Waals surface area contributed by atoms with Gasteiger partial charge in [-0.1, -0.05) is 12.2 Å². The molecule has 1 saturated carbocycles. The third kappa shape index (κ3) is 0.996. The number of rotatable bonds is 1. The topological polar surface area (TPSA) is 54.7 Å². The zero-order valence-electron chi connectivity index (χ0n) is 7.40. The first-order chi connectivity index (χ1) is 6.33. The average Bonchev–Trinajstić information content (AvgIpc) is 2.77. The molecule has 0 saturated heterocycles. The molecule has 2 aliphatic rings. The summed E-state index contributed by atoms with van der Waals surface area (Å²) in [6, 6.07) is 0. The minimum absolute atomic E-state index is 0.543. The molecule has 1 aromatic rings. The summed E-state index contributed by atoms with van der Waals surface area (Å²) in [6.45, 7) is 0. The minimum Gasteiger partial charge on any atom is -0.369 e. The molecular weight excluding hydrogens is 162 g/mol. The van der Waals surface area contributed by atoms with E-state index >= 15 is 0 Å². The van der Waals surface area contributed by atoms with E-state index in [9.17, 15) is 0 Å². The van der Waals surface area contributed by atoms with E-state index in [0.717, 1.165) is 11.8 Å². The predicted molar refractivity (Wildman–Crippen MR) is 51.1 cm³/mol. The Hall–Kier alpha value is -1.25. The van der Waals surface area contributed by atoms with Crippen LogP contribution in [0.1, 0.15) is 24.5 Å². The number of fused-ring (bicyclic) bond motifs is 2. The molecule has 0 radical (unpaired) electrons. The van der Waals surface area contributed by atoms with E-state index in [1.54, 1.807) is 0 Å². The lowest BCUT2D eigenvalue weighted by Crippen LogP contribution is -2.05. The van der Waals surface area contributed by atoms with Crippen molar-refractivity contribution in [1.82, 2.24) is 9.97 Å². The van der Waals surface area contributed by atoms with Gasteiger partial charge in [-0.05, 0) is 24.7 Å². The van der Waals surface area contributed by atoms with E-state index < -0.39 is 0 Å². The van der Waals surface area contributed by atoms with Gasteiger partial charge in [-0.25, -0.2) is 4.98 Å². The summed E-state index contributed by atoms with van der Waals surface area (Å²) < 4.78 is 0. The zero-order valence-corrected chi connectivity index (χ0v) is 7.40. The first kappa shape index (κ1) is 7.18. The number of nitrogen functional groups attached to an aromatic ring is 1. The van der Waals surface area contributed by atoms with Crippen LogP contribution in [0.25, 0.3) is 0 Å². The van der Waals surface area contributed by atoms with E-state index in [1.165, 1.54) is 18.5 Å². The number of nitrogens with zero attached hydrogens (tertiary/aromatic N) is 1. The number of hydrogen-bond acceptors (Lipinski definition) is 2. The normalized spacial score (nSPS) is 35.8. The molecule has 1 fully saturated rings. The third-order valence-electron chi connectivity index (χ3n) is 3.29. The smallest absolute Gasteiger partial charge is 0.197 e. The number of nitrogens with two attached hydrogens (primary N) is 1. The van der Waals surface area contributed by atoms with Gasteiger partial charge in [0.1, 0.15) is 0 Å². The van der Waals surface area contributed by atoms with Crippen LogP contribution in [-0.4, -0.2) is 9.97 Å². The number of anilines is 1. The van der Waals surface area contributed by atoms with Gasteiger partial charge in [-0.2, -0.15) is 0 Å². The molecule has 68 valence electrons. The van der Waals surface area contributed by atoms with Crippen molar-refractivity contribution < 1.29 is 0 Å². The zero-order chi connectivity index (χ0) is 8.84. The third-order valence-corrected chi connectivity index (χ3v) is 3.29. The van der Waals surface area contributed by atoms with Crippen molar-refractivity contribution >= 4 is 5.95 Å². The van der Waals surface area contributed by atoms with Crippen LogP contribution < -0.4 is 5.73 Å². The minimum atomic E-state index is 0.543. The lowest BCUT2D eigenvalue weighted by atomic mass is 9.91. The van der Waals surface area contributed by atoms with Crippen molar-refractivity contribution in [3.8, 4) is 0 Å². The van der Waals surface area contributed by atoms with Crippen LogP contribution in [0.15, 0.2) is 18.3 Å². The highest BCUT2D eigenvalue weighted by Gasteiger charge is 2.37. The molecule has 2 aliphatic carbocycles. The SMILES string of the molecule is Nc1ncc(C2CC3C=CC2C3)[nH]1. The summed E-state index contributed by atoms with van der Waals surface area (Å²) in [7, 11) is 0. The quantitative estimate of drug-likeness (QED) is 0.638. The molecule has 13 heavy (non-hydrogen) atoms. The number of allylic oxidation sites excluding steroid dienone is 2. The number of aromatic amines is 1. The number of nitrogens with one attached hydrogen (secondary N) is 1. The maximum Gasteiger partial charge on any atom is 0.197 e. The van der Waals surface area contributed by atoms with Crippen molar-refractivity contribution in [2.75, 3.05) is 5.73 Å². The largest absolute Gasteiger partial charge is 0.369 e. The summed E-state index contributed by atoms with van der Waals surface area (Å²) in [5.41, 5.74) is 6.78. The van der Waals surface area contributed by atoms with E-state index in [4.69, 9.17) is 5.73 Å². The number of hydrogen-bond donors (Lipinski definition) is 2. The molecular formula is C10H13N3.